The second-order valence-corrected chi connectivity index (χ2v) is 6.63. The monoisotopic (exact) mass is 301 g/mol. The van der Waals surface area contributed by atoms with Gasteiger partial charge in [-0.15, -0.1) is 11.3 Å². The second-order valence-electron chi connectivity index (χ2n) is 4.09. The molecule has 1 atom stereocenters. The fourth-order valence-electron chi connectivity index (χ4n) is 1.52. The van der Waals surface area contributed by atoms with E-state index in [0.717, 1.165) is 5.69 Å². The Hall–Kier alpha value is -1.22. The summed E-state index contributed by atoms with van der Waals surface area (Å²) in [6.45, 7) is 3.76. The van der Waals surface area contributed by atoms with Crippen molar-refractivity contribution < 1.29 is 12.8 Å². The molecule has 0 saturated carbocycles. The van der Waals surface area contributed by atoms with Gasteiger partial charge in [-0.2, -0.15) is 4.72 Å². The number of nitrogens with zero attached hydrogens (tertiary/aromatic N) is 1. The fraction of sp³-hybridized carbons (Fsp3) is 0.364. The van der Waals surface area contributed by atoms with Crippen molar-refractivity contribution in [3.63, 3.8) is 0 Å². The summed E-state index contributed by atoms with van der Waals surface area (Å²) in [6.07, 6.45) is 0. The highest BCUT2D eigenvalue weighted by Gasteiger charge is 2.23. The van der Waals surface area contributed by atoms with E-state index in [9.17, 15) is 8.42 Å². The van der Waals surface area contributed by atoms with Crippen LogP contribution in [0.25, 0.3) is 0 Å². The lowest BCUT2D eigenvalue weighted by atomic mass is 10.4. The Kier molecular flexibility index (Phi) is 4.04. The summed E-state index contributed by atoms with van der Waals surface area (Å²) in [6, 6.07) is 2.53. The Balaban J connectivity index is 2.17. The third kappa shape index (κ3) is 3.21. The maximum Gasteiger partial charge on any atom is 0.274 e. The van der Waals surface area contributed by atoms with Gasteiger partial charge in [-0.25, -0.2) is 13.4 Å². The number of nitrogens with one attached hydrogen (secondary N) is 1. The Morgan fingerprint density at radius 1 is 1.53 bits per heavy atom. The average molecular weight is 301 g/mol. The molecule has 2 heterocycles. The molecule has 0 amide bonds. The molecule has 2 aromatic rings. The molecule has 0 spiro atoms. The van der Waals surface area contributed by atoms with E-state index in [-0.39, 0.29) is 11.6 Å². The molecule has 0 saturated heterocycles. The number of nitrogens with two attached hydrogens (primary N) is 1. The summed E-state index contributed by atoms with van der Waals surface area (Å²) in [4.78, 5) is 4.25. The molecule has 0 aliphatic heterocycles. The lowest BCUT2D eigenvalue weighted by molar-refractivity contribution is 0.411. The van der Waals surface area contributed by atoms with Gasteiger partial charge in [0.05, 0.1) is 12.6 Å². The van der Waals surface area contributed by atoms with Crippen molar-refractivity contribution in [2.75, 3.05) is 0 Å². The van der Waals surface area contributed by atoms with E-state index >= 15 is 0 Å². The molecule has 3 N–H and O–H groups in total. The van der Waals surface area contributed by atoms with Crippen LogP contribution in [0.15, 0.2) is 27.0 Å². The predicted molar refractivity (Wildman–Crippen MR) is 72.2 cm³/mol. The number of sulfonamides is 1. The molecule has 8 heteroatoms. The molecule has 104 valence electrons. The van der Waals surface area contributed by atoms with Crippen molar-refractivity contribution >= 4 is 21.4 Å². The van der Waals surface area contributed by atoms with Gasteiger partial charge in [-0.05, 0) is 26.0 Å². The van der Waals surface area contributed by atoms with Crippen molar-refractivity contribution in [2.24, 2.45) is 5.73 Å². The van der Waals surface area contributed by atoms with Crippen molar-refractivity contribution in [3.8, 4) is 0 Å². The molecule has 0 fully saturated rings. The zero-order valence-corrected chi connectivity index (χ0v) is 12.2. The molecule has 2 rings (SSSR count). The maximum atomic E-state index is 12.1. The summed E-state index contributed by atoms with van der Waals surface area (Å²) in [5, 5.41) is 2.46. The van der Waals surface area contributed by atoms with Gasteiger partial charge in [0.1, 0.15) is 10.8 Å². The average Bonchev–Trinajstić information content (AvgIpc) is 2.96. The van der Waals surface area contributed by atoms with Gasteiger partial charge in [-0.3, -0.25) is 0 Å². The first-order valence-electron chi connectivity index (χ1n) is 5.65. The van der Waals surface area contributed by atoms with Crippen LogP contribution in [0.4, 0.5) is 0 Å². The molecule has 0 radical (unpaired) electrons. The first-order chi connectivity index (χ1) is 8.92. The number of aromatic nitrogens is 1. The molecular formula is C11H15N3O3S2. The van der Waals surface area contributed by atoms with E-state index in [1.165, 1.54) is 17.4 Å². The second kappa shape index (κ2) is 5.41. The first-order valence-corrected chi connectivity index (χ1v) is 8.02. The molecule has 19 heavy (non-hydrogen) atoms. The highest BCUT2D eigenvalue weighted by atomic mass is 32.2. The Bertz CT molecular complexity index is 660. The Labute approximate surface area is 115 Å². The minimum absolute atomic E-state index is 0.131. The molecule has 0 aromatic carbocycles. The summed E-state index contributed by atoms with van der Waals surface area (Å²) in [7, 11) is -3.69. The Morgan fingerprint density at radius 3 is 2.79 bits per heavy atom. The van der Waals surface area contributed by atoms with Gasteiger partial charge in [0, 0.05) is 11.1 Å². The Morgan fingerprint density at radius 2 is 2.26 bits per heavy atom. The van der Waals surface area contributed by atoms with E-state index in [0.29, 0.717) is 10.8 Å². The highest BCUT2D eigenvalue weighted by Crippen LogP contribution is 2.21. The van der Waals surface area contributed by atoms with E-state index in [1.807, 2.05) is 12.3 Å². The molecule has 1 unspecified atom stereocenters. The SMILES string of the molecule is Cc1csc(C(C)NS(=O)(=O)c2ccc(CN)o2)n1. The summed E-state index contributed by atoms with van der Waals surface area (Å²) in [5.74, 6) is 0.429. The van der Waals surface area contributed by atoms with Gasteiger partial charge < -0.3 is 10.2 Å². The summed E-state index contributed by atoms with van der Waals surface area (Å²) in [5.41, 5.74) is 6.25. The predicted octanol–water partition coefficient (Wildman–Crippen LogP) is 1.54. The van der Waals surface area contributed by atoms with Crippen LogP contribution in [0.2, 0.25) is 0 Å². The quantitative estimate of drug-likeness (QED) is 0.873. The summed E-state index contributed by atoms with van der Waals surface area (Å²) < 4.78 is 31.8. The van der Waals surface area contributed by atoms with Crippen LogP contribution >= 0.6 is 11.3 Å². The smallest absolute Gasteiger partial charge is 0.274 e. The van der Waals surface area contributed by atoms with E-state index in [1.54, 1.807) is 13.0 Å². The van der Waals surface area contributed by atoms with Crippen LogP contribution in [0.1, 0.15) is 29.4 Å². The molecule has 2 aromatic heterocycles. The van der Waals surface area contributed by atoms with Gasteiger partial charge in [-0.1, -0.05) is 0 Å². The van der Waals surface area contributed by atoms with Gasteiger partial charge in [0.15, 0.2) is 0 Å². The van der Waals surface area contributed by atoms with Gasteiger partial charge in [0.2, 0.25) is 5.09 Å². The van der Waals surface area contributed by atoms with Crippen molar-refractivity contribution in [1.29, 1.82) is 0 Å². The lowest BCUT2D eigenvalue weighted by Crippen LogP contribution is -2.26. The van der Waals surface area contributed by atoms with Crippen LogP contribution in [0, 0.1) is 6.92 Å². The van der Waals surface area contributed by atoms with E-state index in [2.05, 4.69) is 9.71 Å². The molecule has 0 aliphatic carbocycles. The number of hydrogen-bond acceptors (Lipinski definition) is 6. The zero-order chi connectivity index (χ0) is 14.0. The highest BCUT2D eigenvalue weighted by molar-refractivity contribution is 7.89. The van der Waals surface area contributed by atoms with Crippen LogP contribution in [0.5, 0.6) is 0 Å². The molecule has 0 aliphatic rings. The van der Waals surface area contributed by atoms with Gasteiger partial charge in [0.25, 0.3) is 10.0 Å². The maximum absolute atomic E-state index is 12.1. The van der Waals surface area contributed by atoms with Crippen LogP contribution in [-0.4, -0.2) is 13.4 Å². The van der Waals surface area contributed by atoms with Crippen LogP contribution in [-0.2, 0) is 16.6 Å². The number of furan rings is 1. The lowest BCUT2D eigenvalue weighted by Gasteiger charge is -2.09. The van der Waals surface area contributed by atoms with Crippen LogP contribution in [0.3, 0.4) is 0 Å². The normalized spacial score (nSPS) is 13.6. The number of hydrogen-bond donors (Lipinski definition) is 2. The number of thiazole rings is 1. The standard InChI is InChI=1S/C11H15N3O3S2/c1-7-6-18-11(13-7)8(2)14-19(15,16)10-4-3-9(5-12)17-10/h3-4,6,8,14H,5,12H2,1-2H3. The van der Waals surface area contributed by atoms with Crippen molar-refractivity contribution in [3.05, 3.63) is 34.0 Å². The largest absolute Gasteiger partial charge is 0.447 e. The van der Waals surface area contributed by atoms with Crippen molar-refractivity contribution in [2.45, 2.75) is 31.5 Å². The minimum Gasteiger partial charge on any atom is -0.447 e. The van der Waals surface area contributed by atoms with Crippen LogP contribution < -0.4 is 10.5 Å². The van der Waals surface area contributed by atoms with Gasteiger partial charge >= 0.3 is 0 Å². The summed E-state index contributed by atoms with van der Waals surface area (Å²) >= 11 is 1.41. The molecule has 0 bridgehead atoms. The molecule has 6 nitrogen and oxygen atoms in total. The van der Waals surface area contributed by atoms with Crippen molar-refractivity contribution in [1.82, 2.24) is 9.71 Å². The first kappa shape index (κ1) is 14.2. The fourth-order valence-corrected chi connectivity index (χ4v) is 3.56. The number of aryl methyl sites for hydroxylation is 1. The van der Waals surface area contributed by atoms with E-state index in [4.69, 9.17) is 10.2 Å². The molecular weight excluding hydrogens is 286 g/mol. The van der Waals surface area contributed by atoms with E-state index < -0.39 is 16.1 Å². The number of rotatable bonds is 5. The zero-order valence-electron chi connectivity index (χ0n) is 10.6. The third-order valence-electron chi connectivity index (χ3n) is 2.44. The minimum atomic E-state index is -3.69. The topological polar surface area (TPSA) is 98.2 Å². The third-order valence-corrected chi connectivity index (χ3v) is 5.00.